The topological polar surface area (TPSA) is 41.6 Å². The van der Waals surface area contributed by atoms with E-state index in [-0.39, 0.29) is 6.04 Å². The number of nitrogens with zero attached hydrogens (tertiary/aromatic N) is 1. The minimum absolute atomic E-state index is 0.0521. The van der Waals surface area contributed by atoms with Gasteiger partial charge in [0.05, 0.1) is 18.2 Å². The lowest BCUT2D eigenvalue weighted by Crippen LogP contribution is -2.55. The number of hydrogen-bond donors (Lipinski definition) is 1. The molecule has 3 fully saturated rings. The molecule has 1 N–H and O–H groups in total. The van der Waals surface area contributed by atoms with Crippen LogP contribution in [-0.2, 0) is 9.53 Å². The molecule has 4 unspecified atom stereocenters. The normalized spacial score (nSPS) is 41.6. The number of carbonyl (C=O) groups excluding carboxylic acids is 1. The molecule has 0 aromatic heterocycles. The van der Waals surface area contributed by atoms with Crippen LogP contribution < -0.4 is 5.32 Å². The number of carbonyl (C=O) groups is 1. The Hall–Kier alpha value is -0.610. The van der Waals surface area contributed by atoms with Crippen LogP contribution in [0.4, 0.5) is 0 Å². The third-order valence-electron chi connectivity index (χ3n) is 4.27. The summed E-state index contributed by atoms with van der Waals surface area (Å²) in [6, 6.07) is 0.534. The second-order valence-electron chi connectivity index (χ2n) is 5.75. The molecule has 3 aliphatic rings. The molecule has 96 valence electrons. The average molecular weight is 238 g/mol. The zero-order valence-electron chi connectivity index (χ0n) is 10.5. The first-order valence-corrected chi connectivity index (χ1v) is 6.92. The van der Waals surface area contributed by atoms with Crippen molar-refractivity contribution in [1.82, 2.24) is 10.2 Å². The number of fused-ring (bicyclic) bond motifs is 2. The largest absolute Gasteiger partial charge is 0.371 e. The Bertz CT molecular complexity index is 296. The number of rotatable bonds is 1. The molecule has 0 aromatic rings. The first-order chi connectivity index (χ1) is 8.22. The first-order valence-electron chi connectivity index (χ1n) is 6.92. The molecule has 0 radical (unpaired) electrons. The number of morpholine rings is 1. The molecule has 17 heavy (non-hydrogen) atoms. The van der Waals surface area contributed by atoms with Crippen LogP contribution in [0.1, 0.15) is 39.0 Å². The number of amides is 1. The van der Waals surface area contributed by atoms with Gasteiger partial charge in [-0.25, -0.2) is 0 Å². The Morgan fingerprint density at radius 1 is 1.18 bits per heavy atom. The van der Waals surface area contributed by atoms with Crippen molar-refractivity contribution in [2.75, 3.05) is 13.1 Å². The van der Waals surface area contributed by atoms with Gasteiger partial charge in [0.15, 0.2) is 0 Å². The van der Waals surface area contributed by atoms with Crippen LogP contribution >= 0.6 is 0 Å². The number of piperidine rings is 1. The van der Waals surface area contributed by atoms with Crippen LogP contribution in [0.5, 0.6) is 0 Å². The molecule has 2 bridgehead atoms. The van der Waals surface area contributed by atoms with Gasteiger partial charge in [-0.2, -0.15) is 0 Å². The van der Waals surface area contributed by atoms with Crippen molar-refractivity contribution >= 4 is 5.91 Å². The highest BCUT2D eigenvalue weighted by Crippen LogP contribution is 2.27. The maximum Gasteiger partial charge on any atom is 0.239 e. The summed E-state index contributed by atoms with van der Waals surface area (Å²) >= 11 is 0. The summed E-state index contributed by atoms with van der Waals surface area (Å²) in [6.45, 7) is 3.78. The van der Waals surface area contributed by atoms with E-state index in [4.69, 9.17) is 4.74 Å². The fraction of sp³-hybridized carbons (Fsp3) is 0.923. The Morgan fingerprint density at radius 3 is 2.53 bits per heavy atom. The van der Waals surface area contributed by atoms with E-state index in [2.05, 4.69) is 12.2 Å². The molecule has 3 saturated heterocycles. The van der Waals surface area contributed by atoms with Gasteiger partial charge in [-0.15, -0.1) is 0 Å². The number of likely N-dealkylation sites (tertiary alicyclic amines) is 1. The summed E-state index contributed by atoms with van der Waals surface area (Å²) in [5, 5.41) is 3.43. The van der Waals surface area contributed by atoms with E-state index in [1.165, 1.54) is 12.8 Å². The highest BCUT2D eigenvalue weighted by molar-refractivity contribution is 5.82. The van der Waals surface area contributed by atoms with E-state index in [1.54, 1.807) is 0 Å². The van der Waals surface area contributed by atoms with Gasteiger partial charge in [0.1, 0.15) is 0 Å². The summed E-state index contributed by atoms with van der Waals surface area (Å²) in [7, 11) is 0. The van der Waals surface area contributed by atoms with Gasteiger partial charge in [0.2, 0.25) is 5.91 Å². The van der Waals surface area contributed by atoms with Crippen molar-refractivity contribution in [3.05, 3.63) is 0 Å². The third kappa shape index (κ3) is 2.33. The molecule has 0 aromatic carbocycles. The Balaban J connectivity index is 1.61. The van der Waals surface area contributed by atoms with E-state index in [0.717, 1.165) is 32.4 Å². The van der Waals surface area contributed by atoms with E-state index in [1.807, 2.05) is 4.90 Å². The van der Waals surface area contributed by atoms with Crippen LogP contribution in [0.2, 0.25) is 0 Å². The lowest BCUT2D eigenvalue weighted by Gasteiger charge is -2.37. The van der Waals surface area contributed by atoms with Gasteiger partial charge < -0.3 is 15.0 Å². The van der Waals surface area contributed by atoms with Crippen LogP contribution in [0.15, 0.2) is 0 Å². The predicted octanol–water partition coefficient (Wildman–Crippen LogP) is 0.907. The standard InChI is InChI=1S/C13H22N2O2/c1-9-3-2-4-12(14-9)13(16)15-7-10-5-6-11(8-15)17-10/h9-12,14H,2-8H2,1H3. The maximum atomic E-state index is 12.4. The van der Waals surface area contributed by atoms with Crippen molar-refractivity contribution in [3.63, 3.8) is 0 Å². The zero-order valence-corrected chi connectivity index (χ0v) is 10.5. The van der Waals surface area contributed by atoms with Gasteiger partial charge in [-0.1, -0.05) is 0 Å². The minimum atomic E-state index is 0.0521. The molecule has 3 aliphatic heterocycles. The number of nitrogens with one attached hydrogen (secondary N) is 1. The van der Waals surface area contributed by atoms with Crippen molar-refractivity contribution in [2.45, 2.75) is 63.3 Å². The Morgan fingerprint density at radius 2 is 1.88 bits per heavy atom. The Labute approximate surface area is 103 Å². The second-order valence-corrected chi connectivity index (χ2v) is 5.75. The fourth-order valence-corrected chi connectivity index (χ4v) is 3.35. The zero-order chi connectivity index (χ0) is 11.8. The first kappa shape index (κ1) is 11.5. The van der Waals surface area contributed by atoms with Crippen molar-refractivity contribution < 1.29 is 9.53 Å². The SMILES string of the molecule is CC1CCCC(C(=O)N2CC3CCC(C2)O3)N1. The van der Waals surface area contributed by atoms with E-state index < -0.39 is 0 Å². The summed E-state index contributed by atoms with van der Waals surface area (Å²) in [5.41, 5.74) is 0. The van der Waals surface area contributed by atoms with E-state index in [9.17, 15) is 4.79 Å². The van der Waals surface area contributed by atoms with Gasteiger partial charge in [-0.3, -0.25) is 4.79 Å². The molecule has 1 amide bonds. The lowest BCUT2D eigenvalue weighted by molar-refractivity contribution is -0.143. The van der Waals surface area contributed by atoms with Gasteiger partial charge >= 0.3 is 0 Å². The molecule has 0 spiro atoms. The van der Waals surface area contributed by atoms with Crippen LogP contribution in [0, 0.1) is 0 Å². The van der Waals surface area contributed by atoms with Crippen molar-refractivity contribution in [3.8, 4) is 0 Å². The minimum Gasteiger partial charge on any atom is -0.371 e. The molecule has 4 heteroatoms. The molecule has 0 saturated carbocycles. The highest BCUT2D eigenvalue weighted by atomic mass is 16.5. The monoisotopic (exact) mass is 238 g/mol. The van der Waals surface area contributed by atoms with Crippen LogP contribution in [0.3, 0.4) is 0 Å². The lowest BCUT2D eigenvalue weighted by atomic mass is 9.98. The quantitative estimate of drug-likeness (QED) is 0.738. The van der Waals surface area contributed by atoms with Gasteiger partial charge in [0, 0.05) is 19.1 Å². The van der Waals surface area contributed by atoms with Crippen LogP contribution in [0.25, 0.3) is 0 Å². The summed E-state index contributed by atoms with van der Waals surface area (Å²) in [6.07, 6.45) is 6.22. The average Bonchev–Trinajstić information content (AvgIpc) is 2.67. The molecular weight excluding hydrogens is 216 g/mol. The third-order valence-corrected chi connectivity index (χ3v) is 4.27. The van der Waals surface area contributed by atoms with Gasteiger partial charge in [0.25, 0.3) is 0 Å². The molecule has 3 rings (SSSR count). The summed E-state index contributed by atoms with van der Waals surface area (Å²) in [5.74, 6) is 0.303. The number of hydrogen-bond acceptors (Lipinski definition) is 3. The fourth-order valence-electron chi connectivity index (χ4n) is 3.35. The molecule has 0 aliphatic carbocycles. The molecule has 4 nitrogen and oxygen atoms in total. The molecule has 3 heterocycles. The maximum absolute atomic E-state index is 12.4. The molecular formula is C13H22N2O2. The molecule has 4 atom stereocenters. The smallest absolute Gasteiger partial charge is 0.239 e. The van der Waals surface area contributed by atoms with Crippen LogP contribution in [-0.4, -0.2) is 48.2 Å². The highest BCUT2D eigenvalue weighted by Gasteiger charge is 2.38. The van der Waals surface area contributed by atoms with Crippen molar-refractivity contribution in [2.24, 2.45) is 0 Å². The van der Waals surface area contributed by atoms with Gasteiger partial charge in [-0.05, 0) is 39.0 Å². The Kier molecular flexibility index (Phi) is 3.09. The predicted molar refractivity (Wildman–Crippen MR) is 64.7 cm³/mol. The summed E-state index contributed by atoms with van der Waals surface area (Å²) in [4.78, 5) is 14.5. The second kappa shape index (κ2) is 4.58. The van der Waals surface area contributed by atoms with E-state index in [0.29, 0.717) is 24.2 Å². The van der Waals surface area contributed by atoms with Crippen molar-refractivity contribution in [1.29, 1.82) is 0 Å². The summed E-state index contributed by atoms with van der Waals surface area (Å²) < 4.78 is 5.77. The number of ether oxygens (including phenoxy) is 1. The van der Waals surface area contributed by atoms with E-state index >= 15 is 0 Å².